The van der Waals surface area contributed by atoms with E-state index in [-0.39, 0.29) is 11.0 Å². The minimum absolute atomic E-state index is 0.107. The fourth-order valence-electron chi connectivity index (χ4n) is 4.26. The van der Waals surface area contributed by atoms with Crippen molar-refractivity contribution in [2.75, 3.05) is 0 Å². The standard InChI is InChI=1S/C16H21N3O/c1-2-11-10-17-19-14(11)18-13-12(15(19)20)6-9-16(13)7-4-3-5-8-16/h10,18H,2-9H2,1H3. The van der Waals surface area contributed by atoms with Crippen LogP contribution in [0.3, 0.4) is 0 Å². The molecule has 0 amide bonds. The first-order valence-electron chi connectivity index (χ1n) is 7.87. The molecule has 4 heteroatoms. The van der Waals surface area contributed by atoms with E-state index in [0.29, 0.717) is 0 Å². The SMILES string of the molecule is CCc1cnn2c(=O)c3c([nH]c12)C1(CCCCC1)CC3. The highest BCUT2D eigenvalue weighted by molar-refractivity contribution is 5.50. The van der Waals surface area contributed by atoms with E-state index < -0.39 is 0 Å². The van der Waals surface area contributed by atoms with Gasteiger partial charge in [0.2, 0.25) is 0 Å². The lowest BCUT2D eigenvalue weighted by Crippen LogP contribution is -2.29. The summed E-state index contributed by atoms with van der Waals surface area (Å²) in [6, 6.07) is 0. The Balaban J connectivity index is 1.98. The largest absolute Gasteiger partial charge is 0.342 e. The third-order valence-electron chi connectivity index (χ3n) is 5.42. The van der Waals surface area contributed by atoms with Crippen LogP contribution >= 0.6 is 0 Å². The third-order valence-corrected chi connectivity index (χ3v) is 5.42. The van der Waals surface area contributed by atoms with Crippen molar-refractivity contribution < 1.29 is 0 Å². The molecule has 0 aliphatic heterocycles. The number of aryl methyl sites for hydroxylation is 1. The van der Waals surface area contributed by atoms with E-state index in [2.05, 4.69) is 17.0 Å². The molecule has 0 saturated heterocycles. The number of fused-ring (bicyclic) bond motifs is 3. The molecule has 1 N–H and O–H groups in total. The molecule has 0 aromatic carbocycles. The number of rotatable bonds is 1. The maximum absolute atomic E-state index is 12.7. The molecule has 2 heterocycles. The van der Waals surface area contributed by atoms with Crippen LogP contribution in [0.1, 0.15) is 62.3 Å². The maximum Gasteiger partial charge on any atom is 0.277 e. The van der Waals surface area contributed by atoms with Gasteiger partial charge in [0.05, 0.1) is 6.20 Å². The summed E-state index contributed by atoms with van der Waals surface area (Å²) in [5.41, 5.74) is 4.65. The summed E-state index contributed by atoms with van der Waals surface area (Å²) in [5.74, 6) is 0. The lowest BCUT2D eigenvalue weighted by Gasteiger charge is -2.34. The molecule has 2 aliphatic carbocycles. The first-order chi connectivity index (χ1) is 9.75. The van der Waals surface area contributed by atoms with E-state index in [1.54, 1.807) is 4.52 Å². The predicted molar refractivity (Wildman–Crippen MR) is 78.3 cm³/mol. The number of nitrogens with one attached hydrogen (secondary N) is 1. The first-order valence-corrected chi connectivity index (χ1v) is 7.87. The van der Waals surface area contributed by atoms with Crippen molar-refractivity contribution in [2.45, 2.75) is 63.7 Å². The molecule has 1 spiro atoms. The van der Waals surface area contributed by atoms with Gasteiger partial charge in [0.15, 0.2) is 0 Å². The minimum atomic E-state index is 0.107. The predicted octanol–water partition coefficient (Wildman–Crippen LogP) is 2.73. The van der Waals surface area contributed by atoms with Gasteiger partial charge in [0.1, 0.15) is 5.65 Å². The van der Waals surface area contributed by atoms with Gasteiger partial charge in [-0.05, 0) is 32.1 Å². The van der Waals surface area contributed by atoms with Crippen LogP contribution in [-0.2, 0) is 18.3 Å². The van der Waals surface area contributed by atoms with Crippen molar-refractivity contribution in [1.29, 1.82) is 0 Å². The summed E-state index contributed by atoms with van der Waals surface area (Å²) in [4.78, 5) is 16.3. The number of hydrogen-bond acceptors (Lipinski definition) is 2. The molecule has 4 nitrogen and oxygen atoms in total. The summed E-state index contributed by atoms with van der Waals surface area (Å²) in [6.45, 7) is 2.11. The second-order valence-electron chi connectivity index (χ2n) is 6.41. The molecule has 1 saturated carbocycles. The Kier molecular flexibility index (Phi) is 2.56. The molecule has 0 radical (unpaired) electrons. The average Bonchev–Trinajstić information content (AvgIpc) is 3.04. The Bertz CT molecular complexity index is 719. The molecule has 4 rings (SSSR count). The molecule has 0 atom stereocenters. The van der Waals surface area contributed by atoms with Gasteiger partial charge in [-0.25, -0.2) is 0 Å². The zero-order valence-corrected chi connectivity index (χ0v) is 12.0. The highest BCUT2D eigenvalue weighted by atomic mass is 16.1. The van der Waals surface area contributed by atoms with E-state index in [9.17, 15) is 4.79 Å². The molecule has 0 unspecified atom stereocenters. The lowest BCUT2D eigenvalue weighted by atomic mass is 9.72. The molecule has 1 fully saturated rings. The van der Waals surface area contributed by atoms with Gasteiger partial charge in [-0.1, -0.05) is 26.2 Å². The van der Waals surface area contributed by atoms with Gasteiger partial charge in [-0.3, -0.25) is 4.79 Å². The van der Waals surface area contributed by atoms with E-state index in [0.717, 1.165) is 36.0 Å². The fourth-order valence-corrected chi connectivity index (χ4v) is 4.26. The monoisotopic (exact) mass is 271 g/mol. The first kappa shape index (κ1) is 12.2. The summed E-state index contributed by atoms with van der Waals surface area (Å²) in [7, 11) is 0. The molecule has 0 bridgehead atoms. The minimum Gasteiger partial charge on any atom is -0.342 e. The van der Waals surface area contributed by atoms with Gasteiger partial charge in [-0.2, -0.15) is 9.61 Å². The zero-order valence-electron chi connectivity index (χ0n) is 12.0. The van der Waals surface area contributed by atoms with Gasteiger partial charge in [0.25, 0.3) is 5.56 Å². The number of nitrogens with zero attached hydrogens (tertiary/aromatic N) is 2. The van der Waals surface area contributed by atoms with Crippen LogP contribution in [0, 0.1) is 0 Å². The van der Waals surface area contributed by atoms with Crippen molar-refractivity contribution in [3.63, 3.8) is 0 Å². The summed E-state index contributed by atoms with van der Waals surface area (Å²) in [6.07, 6.45) is 11.2. The van der Waals surface area contributed by atoms with Crippen molar-refractivity contribution in [3.8, 4) is 0 Å². The van der Waals surface area contributed by atoms with Crippen LogP contribution in [0.4, 0.5) is 0 Å². The maximum atomic E-state index is 12.7. The Morgan fingerprint density at radius 1 is 1.30 bits per heavy atom. The van der Waals surface area contributed by atoms with E-state index in [1.165, 1.54) is 37.8 Å². The van der Waals surface area contributed by atoms with Gasteiger partial charge < -0.3 is 4.98 Å². The van der Waals surface area contributed by atoms with Crippen molar-refractivity contribution in [2.24, 2.45) is 0 Å². The Hall–Kier alpha value is -1.58. The Labute approximate surface area is 118 Å². The second-order valence-corrected chi connectivity index (χ2v) is 6.41. The quantitative estimate of drug-likeness (QED) is 0.867. The normalized spacial score (nSPS) is 20.6. The van der Waals surface area contributed by atoms with Crippen LogP contribution in [-0.4, -0.2) is 14.6 Å². The second kappa shape index (κ2) is 4.21. The number of hydrogen-bond donors (Lipinski definition) is 1. The summed E-state index contributed by atoms with van der Waals surface area (Å²) < 4.78 is 1.57. The molecular formula is C16H21N3O. The highest BCUT2D eigenvalue weighted by Gasteiger charge is 2.42. The number of aromatic nitrogens is 3. The van der Waals surface area contributed by atoms with Crippen LogP contribution < -0.4 is 5.56 Å². The zero-order chi connectivity index (χ0) is 13.7. The lowest BCUT2D eigenvalue weighted by molar-refractivity contribution is 0.286. The average molecular weight is 271 g/mol. The molecular weight excluding hydrogens is 250 g/mol. The number of H-pyrrole nitrogens is 1. The van der Waals surface area contributed by atoms with Crippen LogP contribution in [0.5, 0.6) is 0 Å². The summed E-state index contributed by atoms with van der Waals surface area (Å²) >= 11 is 0. The van der Waals surface area contributed by atoms with Gasteiger partial charge >= 0.3 is 0 Å². The summed E-state index contributed by atoms with van der Waals surface area (Å²) in [5, 5.41) is 4.27. The number of aromatic amines is 1. The molecule has 2 aromatic heterocycles. The molecule has 2 aliphatic rings. The molecule has 20 heavy (non-hydrogen) atoms. The van der Waals surface area contributed by atoms with E-state index in [4.69, 9.17) is 0 Å². The third kappa shape index (κ3) is 1.48. The van der Waals surface area contributed by atoms with Gasteiger partial charge in [0, 0.05) is 22.2 Å². The van der Waals surface area contributed by atoms with Crippen LogP contribution in [0.15, 0.2) is 11.0 Å². The Morgan fingerprint density at radius 2 is 2.10 bits per heavy atom. The van der Waals surface area contributed by atoms with E-state index in [1.807, 2.05) is 6.20 Å². The Morgan fingerprint density at radius 3 is 2.85 bits per heavy atom. The van der Waals surface area contributed by atoms with Crippen LogP contribution in [0.25, 0.3) is 5.65 Å². The van der Waals surface area contributed by atoms with Crippen molar-refractivity contribution in [1.82, 2.24) is 14.6 Å². The topological polar surface area (TPSA) is 50.2 Å². The van der Waals surface area contributed by atoms with E-state index >= 15 is 0 Å². The van der Waals surface area contributed by atoms with Crippen molar-refractivity contribution in [3.05, 3.63) is 33.4 Å². The molecule has 2 aromatic rings. The fraction of sp³-hybridized carbons (Fsp3) is 0.625. The highest BCUT2D eigenvalue weighted by Crippen LogP contribution is 2.47. The van der Waals surface area contributed by atoms with Crippen LogP contribution in [0.2, 0.25) is 0 Å². The smallest absolute Gasteiger partial charge is 0.277 e. The van der Waals surface area contributed by atoms with Crippen molar-refractivity contribution >= 4 is 5.65 Å². The van der Waals surface area contributed by atoms with Gasteiger partial charge in [-0.15, -0.1) is 0 Å². The molecule has 106 valence electrons.